The van der Waals surface area contributed by atoms with E-state index in [1.54, 1.807) is 0 Å². The molecule has 54 heavy (non-hydrogen) atoms. The Kier molecular flexibility index (Phi) is 6.90. The molecule has 3 heteroatoms. The molecule has 2 aliphatic rings. The Bertz CT molecular complexity index is 2990. The lowest BCUT2D eigenvalue weighted by molar-refractivity contribution is 0.612. The predicted molar refractivity (Wildman–Crippen MR) is 225 cm³/mol. The molecule has 0 N–H and O–H groups in total. The summed E-state index contributed by atoms with van der Waals surface area (Å²) in [5, 5.41) is 4.60. The third kappa shape index (κ3) is 4.97. The molecule has 9 aromatic rings. The molecular formula is C51H35NO2. The highest BCUT2D eigenvalue weighted by Crippen LogP contribution is 2.47. The number of hydrogen-bond acceptors (Lipinski definition) is 3. The average molecular weight is 694 g/mol. The molecular weight excluding hydrogens is 659 g/mol. The lowest BCUT2D eigenvalue weighted by Gasteiger charge is -2.32. The summed E-state index contributed by atoms with van der Waals surface area (Å²) in [5.41, 5.74) is 15.7. The van der Waals surface area contributed by atoms with E-state index in [0.29, 0.717) is 5.92 Å². The molecule has 2 unspecified atom stereocenters. The van der Waals surface area contributed by atoms with E-state index < -0.39 is 0 Å². The smallest absolute Gasteiger partial charge is 0.137 e. The maximum Gasteiger partial charge on any atom is 0.137 e. The highest BCUT2D eigenvalue weighted by atomic mass is 16.3. The molecule has 0 bridgehead atoms. The van der Waals surface area contributed by atoms with Crippen molar-refractivity contribution in [1.82, 2.24) is 0 Å². The molecule has 0 spiro atoms. The molecule has 0 saturated heterocycles. The van der Waals surface area contributed by atoms with Gasteiger partial charge in [-0.15, -0.1) is 0 Å². The second-order valence-electron chi connectivity index (χ2n) is 14.6. The van der Waals surface area contributed by atoms with Crippen molar-refractivity contribution in [3.63, 3.8) is 0 Å². The van der Waals surface area contributed by atoms with E-state index in [2.05, 4.69) is 176 Å². The van der Waals surface area contributed by atoms with Gasteiger partial charge in [0.05, 0.1) is 0 Å². The van der Waals surface area contributed by atoms with E-state index in [0.717, 1.165) is 50.2 Å². The molecule has 7 aromatic carbocycles. The number of benzene rings is 7. The Morgan fingerprint density at radius 2 is 1.04 bits per heavy atom. The van der Waals surface area contributed by atoms with Gasteiger partial charge >= 0.3 is 0 Å². The summed E-state index contributed by atoms with van der Waals surface area (Å²) in [6.45, 7) is 2.34. The van der Waals surface area contributed by atoms with Crippen molar-refractivity contribution in [2.24, 2.45) is 5.92 Å². The van der Waals surface area contributed by atoms with Gasteiger partial charge in [0, 0.05) is 50.6 Å². The third-order valence-corrected chi connectivity index (χ3v) is 11.3. The molecule has 2 aliphatic carbocycles. The van der Waals surface area contributed by atoms with Crippen molar-refractivity contribution < 1.29 is 8.83 Å². The van der Waals surface area contributed by atoms with Crippen LogP contribution in [0.1, 0.15) is 29.5 Å². The zero-order valence-corrected chi connectivity index (χ0v) is 29.7. The maximum absolute atomic E-state index is 6.35. The number of fused-ring (bicyclic) bond motifs is 9. The molecule has 2 aromatic heterocycles. The zero-order chi connectivity index (χ0) is 35.8. The molecule has 0 aliphatic heterocycles. The highest BCUT2D eigenvalue weighted by Gasteiger charge is 2.30. The minimum atomic E-state index is 0.285. The summed E-state index contributed by atoms with van der Waals surface area (Å²) < 4.78 is 12.7. The van der Waals surface area contributed by atoms with Crippen LogP contribution in [0.3, 0.4) is 0 Å². The second-order valence-corrected chi connectivity index (χ2v) is 14.6. The molecule has 11 rings (SSSR count). The van der Waals surface area contributed by atoms with Crippen molar-refractivity contribution in [3.05, 3.63) is 198 Å². The Hall–Kier alpha value is -6.84. The van der Waals surface area contributed by atoms with Crippen LogP contribution < -0.4 is 4.90 Å². The molecule has 2 heterocycles. The van der Waals surface area contributed by atoms with Gasteiger partial charge < -0.3 is 13.7 Å². The van der Waals surface area contributed by atoms with Gasteiger partial charge in [0.2, 0.25) is 0 Å². The molecule has 0 fully saturated rings. The van der Waals surface area contributed by atoms with Crippen LogP contribution in [0, 0.1) is 5.92 Å². The highest BCUT2D eigenvalue weighted by molar-refractivity contribution is 6.07. The molecule has 0 radical (unpaired) electrons. The summed E-state index contributed by atoms with van der Waals surface area (Å²) in [7, 11) is 0. The van der Waals surface area contributed by atoms with Gasteiger partial charge in [-0.25, -0.2) is 0 Å². The zero-order valence-electron chi connectivity index (χ0n) is 29.7. The SMILES string of the molecule is CC1C=C(c2ccc(N(c3ccc(-c4ccccc4)cc3)c3ccc4c(c3)oc3ccccc34)cc2)C=C2C=Cc3cc4c(cc3C21)oc1ccccc14. The fourth-order valence-corrected chi connectivity index (χ4v) is 8.74. The standard InChI is InChI=1S/C51H35NO2/c1-32-27-38(28-37-16-15-36-29-46-43-12-6-8-14-48(43)54-50(46)31-45(36)51(32)37)35-19-23-40(24-20-35)52(39-21-17-34(18-22-39)33-9-3-2-4-10-33)41-25-26-44-42-11-5-7-13-47(42)53-49(44)30-41/h2-32,51H,1H3. The number of para-hydroxylation sites is 2. The monoisotopic (exact) mass is 693 g/mol. The lowest BCUT2D eigenvalue weighted by Crippen LogP contribution is -2.17. The van der Waals surface area contributed by atoms with Gasteiger partial charge in [-0.1, -0.05) is 122 Å². The fraction of sp³-hybridized carbons (Fsp3) is 0.0588. The normalized spacial score (nSPS) is 16.4. The molecule has 3 nitrogen and oxygen atoms in total. The number of nitrogens with zero attached hydrogens (tertiary/aromatic N) is 1. The van der Waals surface area contributed by atoms with Gasteiger partial charge in [0.25, 0.3) is 0 Å². The van der Waals surface area contributed by atoms with Crippen LogP contribution in [-0.4, -0.2) is 0 Å². The van der Waals surface area contributed by atoms with Crippen molar-refractivity contribution in [2.45, 2.75) is 12.8 Å². The molecule has 0 saturated carbocycles. The Morgan fingerprint density at radius 1 is 0.463 bits per heavy atom. The van der Waals surface area contributed by atoms with Crippen LogP contribution in [0.4, 0.5) is 17.1 Å². The van der Waals surface area contributed by atoms with Gasteiger partial charge in [0.15, 0.2) is 0 Å². The van der Waals surface area contributed by atoms with Crippen molar-refractivity contribution in [3.8, 4) is 11.1 Å². The van der Waals surface area contributed by atoms with Crippen LogP contribution in [0.25, 0.3) is 66.7 Å². The van der Waals surface area contributed by atoms with Gasteiger partial charge in [0.1, 0.15) is 22.3 Å². The minimum absolute atomic E-state index is 0.285. The molecule has 2 atom stereocenters. The first kappa shape index (κ1) is 30.8. The Morgan fingerprint density at radius 3 is 1.76 bits per heavy atom. The summed E-state index contributed by atoms with van der Waals surface area (Å²) in [6.07, 6.45) is 9.40. The first-order chi connectivity index (χ1) is 26.6. The van der Waals surface area contributed by atoms with E-state index in [9.17, 15) is 0 Å². The van der Waals surface area contributed by atoms with Crippen LogP contribution >= 0.6 is 0 Å². The van der Waals surface area contributed by atoms with Crippen molar-refractivity contribution in [2.75, 3.05) is 4.90 Å². The number of rotatable bonds is 5. The lowest BCUT2D eigenvalue weighted by atomic mass is 9.72. The maximum atomic E-state index is 6.35. The van der Waals surface area contributed by atoms with Gasteiger partial charge in [-0.3, -0.25) is 0 Å². The topological polar surface area (TPSA) is 29.5 Å². The average Bonchev–Trinajstić information content (AvgIpc) is 3.78. The van der Waals surface area contributed by atoms with E-state index in [1.165, 1.54) is 49.7 Å². The van der Waals surface area contributed by atoms with Gasteiger partial charge in [-0.2, -0.15) is 0 Å². The van der Waals surface area contributed by atoms with Crippen LogP contribution in [0.15, 0.2) is 190 Å². The van der Waals surface area contributed by atoms with E-state index in [-0.39, 0.29) is 5.92 Å². The minimum Gasteiger partial charge on any atom is -0.456 e. The number of furan rings is 2. The predicted octanol–water partition coefficient (Wildman–Crippen LogP) is 14.4. The van der Waals surface area contributed by atoms with E-state index in [4.69, 9.17) is 8.83 Å². The van der Waals surface area contributed by atoms with E-state index in [1.807, 2.05) is 18.2 Å². The number of hydrogen-bond donors (Lipinski definition) is 0. The van der Waals surface area contributed by atoms with Crippen LogP contribution in [-0.2, 0) is 0 Å². The Labute approximate surface area is 313 Å². The summed E-state index contributed by atoms with van der Waals surface area (Å²) in [5.74, 6) is 0.605. The van der Waals surface area contributed by atoms with Crippen LogP contribution in [0.5, 0.6) is 0 Å². The molecule has 256 valence electrons. The van der Waals surface area contributed by atoms with Crippen molar-refractivity contribution in [1.29, 1.82) is 0 Å². The van der Waals surface area contributed by atoms with E-state index >= 15 is 0 Å². The number of allylic oxidation sites excluding steroid dienone is 5. The summed E-state index contributed by atoms with van der Waals surface area (Å²) in [4.78, 5) is 2.32. The second kappa shape index (κ2) is 12.1. The van der Waals surface area contributed by atoms with Gasteiger partial charge in [-0.05, 0) is 106 Å². The third-order valence-electron chi connectivity index (χ3n) is 11.3. The molecule has 0 amide bonds. The first-order valence-corrected chi connectivity index (χ1v) is 18.7. The first-order valence-electron chi connectivity index (χ1n) is 18.7. The Balaban J connectivity index is 0.952. The largest absolute Gasteiger partial charge is 0.456 e. The summed E-state index contributed by atoms with van der Waals surface area (Å²) >= 11 is 0. The fourth-order valence-electron chi connectivity index (χ4n) is 8.74. The number of anilines is 3. The quantitative estimate of drug-likeness (QED) is 0.180. The van der Waals surface area contributed by atoms with Crippen molar-refractivity contribution >= 4 is 72.6 Å². The van der Waals surface area contributed by atoms with Crippen LogP contribution in [0.2, 0.25) is 0 Å². The summed E-state index contributed by atoms with van der Waals surface area (Å²) in [6, 6.07) is 56.1.